The minimum absolute atomic E-state index is 0.279. The third-order valence-corrected chi connectivity index (χ3v) is 3.27. The molecule has 1 N–H and O–H groups in total. The summed E-state index contributed by atoms with van der Waals surface area (Å²) in [6, 6.07) is 6.33. The fourth-order valence-corrected chi connectivity index (χ4v) is 2.46. The SMILES string of the molecule is COc1ccc2c(c1)C(CCO)CCC2. The molecule has 0 aliphatic heterocycles. The van der Waals surface area contributed by atoms with Crippen LogP contribution in [-0.4, -0.2) is 18.8 Å². The molecule has 1 aromatic carbocycles. The van der Waals surface area contributed by atoms with Gasteiger partial charge in [-0.2, -0.15) is 0 Å². The van der Waals surface area contributed by atoms with E-state index in [0.29, 0.717) is 5.92 Å². The van der Waals surface area contributed by atoms with Crippen LogP contribution in [0.15, 0.2) is 18.2 Å². The molecule has 1 atom stereocenters. The minimum Gasteiger partial charge on any atom is -0.497 e. The van der Waals surface area contributed by atoms with Crippen molar-refractivity contribution in [2.75, 3.05) is 13.7 Å². The standard InChI is InChI=1S/C13H18O2/c1-15-12-6-5-10-3-2-4-11(7-8-14)13(10)9-12/h5-6,9,11,14H,2-4,7-8H2,1H3. The molecule has 15 heavy (non-hydrogen) atoms. The van der Waals surface area contributed by atoms with E-state index in [0.717, 1.165) is 12.2 Å². The van der Waals surface area contributed by atoms with E-state index in [9.17, 15) is 0 Å². The first-order valence-electron chi connectivity index (χ1n) is 5.63. The first-order valence-corrected chi connectivity index (χ1v) is 5.63. The van der Waals surface area contributed by atoms with Gasteiger partial charge < -0.3 is 9.84 Å². The highest BCUT2D eigenvalue weighted by Crippen LogP contribution is 2.35. The topological polar surface area (TPSA) is 29.5 Å². The lowest BCUT2D eigenvalue weighted by Gasteiger charge is -2.25. The smallest absolute Gasteiger partial charge is 0.119 e. The van der Waals surface area contributed by atoms with Crippen LogP contribution in [0.4, 0.5) is 0 Å². The summed E-state index contributed by atoms with van der Waals surface area (Å²) in [6.45, 7) is 0.279. The number of hydrogen-bond acceptors (Lipinski definition) is 2. The predicted octanol–water partition coefficient (Wildman–Crippen LogP) is 2.50. The van der Waals surface area contributed by atoms with Crippen LogP contribution >= 0.6 is 0 Å². The zero-order valence-electron chi connectivity index (χ0n) is 9.20. The molecule has 0 heterocycles. The van der Waals surface area contributed by atoms with E-state index in [2.05, 4.69) is 12.1 Å². The maximum Gasteiger partial charge on any atom is 0.119 e. The number of rotatable bonds is 3. The summed E-state index contributed by atoms with van der Waals surface area (Å²) in [5, 5.41) is 9.04. The summed E-state index contributed by atoms with van der Waals surface area (Å²) in [5.41, 5.74) is 2.81. The van der Waals surface area contributed by atoms with Crippen LogP contribution in [0.25, 0.3) is 0 Å². The Kier molecular flexibility index (Phi) is 3.27. The van der Waals surface area contributed by atoms with Gasteiger partial charge in [0.05, 0.1) is 7.11 Å². The van der Waals surface area contributed by atoms with E-state index < -0.39 is 0 Å². The molecular formula is C13H18O2. The van der Waals surface area contributed by atoms with Gasteiger partial charge in [-0.1, -0.05) is 6.07 Å². The molecule has 0 saturated carbocycles. The molecule has 82 valence electrons. The molecule has 0 bridgehead atoms. The summed E-state index contributed by atoms with van der Waals surface area (Å²) in [7, 11) is 1.70. The van der Waals surface area contributed by atoms with Crippen LogP contribution in [-0.2, 0) is 6.42 Å². The number of aliphatic hydroxyl groups is 1. The lowest BCUT2D eigenvalue weighted by molar-refractivity contribution is 0.269. The summed E-state index contributed by atoms with van der Waals surface area (Å²) in [4.78, 5) is 0. The first kappa shape index (κ1) is 10.5. The highest BCUT2D eigenvalue weighted by molar-refractivity contribution is 5.39. The van der Waals surface area contributed by atoms with Crippen molar-refractivity contribution in [1.29, 1.82) is 0 Å². The normalized spacial score (nSPS) is 19.7. The molecule has 1 aromatic rings. The molecule has 0 aromatic heterocycles. The molecule has 0 saturated heterocycles. The summed E-state index contributed by atoms with van der Waals surface area (Å²) in [6.07, 6.45) is 4.48. The first-order chi connectivity index (χ1) is 7.35. The van der Waals surface area contributed by atoms with Gasteiger partial charge in [0.15, 0.2) is 0 Å². The van der Waals surface area contributed by atoms with E-state index in [4.69, 9.17) is 9.84 Å². The highest BCUT2D eigenvalue weighted by Gasteiger charge is 2.19. The number of hydrogen-bond donors (Lipinski definition) is 1. The third-order valence-electron chi connectivity index (χ3n) is 3.27. The van der Waals surface area contributed by atoms with E-state index in [1.807, 2.05) is 6.07 Å². The van der Waals surface area contributed by atoms with Crippen LogP contribution in [0.2, 0.25) is 0 Å². The van der Waals surface area contributed by atoms with Crippen molar-refractivity contribution in [2.45, 2.75) is 31.6 Å². The molecule has 0 amide bonds. The lowest BCUT2D eigenvalue weighted by Crippen LogP contribution is -2.11. The van der Waals surface area contributed by atoms with Crippen molar-refractivity contribution in [3.63, 3.8) is 0 Å². The summed E-state index contributed by atoms with van der Waals surface area (Å²) in [5.74, 6) is 1.45. The van der Waals surface area contributed by atoms with Crippen molar-refractivity contribution in [3.8, 4) is 5.75 Å². The fraction of sp³-hybridized carbons (Fsp3) is 0.538. The zero-order valence-corrected chi connectivity index (χ0v) is 9.20. The fourth-order valence-electron chi connectivity index (χ4n) is 2.46. The Labute approximate surface area is 90.9 Å². The predicted molar refractivity (Wildman–Crippen MR) is 60.4 cm³/mol. The van der Waals surface area contributed by atoms with Gasteiger partial charge in [-0.15, -0.1) is 0 Å². The molecule has 1 unspecified atom stereocenters. The highest BCUT2D eigenvalue weighted by atomic mass is 16.5. The largest absolute Gasteiger partial charge is 0.497 e. The number of aryl methyl sites for hydroxylation is 1. The molecule has 0 radical (unpaired) electrons. The van der Waals surface area contributed by atoms with Gasteiger partial charge >= 0.3 is 0 Å². The Morgan fingerprint density at radius 1 is 1.47 bits per heavy atom. The minimum atomic E-state index is 0.279. The van der Waals surface area contributed by atoms with E-state index in [1.165, 1.54) is 30.4 Å². The maximum absolute atomic E-state index is 9.04. The van der Waals surface area contributed by atoms with Gasteiger partial charge in [-0.05, 0) is 54.9 Å². The van der Waals surface area contributed by atoms with Crippen LogP contribution in [0.5, 0.6) is 5.75 Å². The number of methoxy groups -OCH3 is 1. The van der Waals surface area contributed by atoms with Gasteiger partial charge in [0.2, 0.25) is 0 Å². The summed E-state index contributed by atoms with van der Waals surface area (Å²) >= 11 is 0. The maximum atomic E-state index is 9.04. The van der Waals surface area contributed by atoms with Crippen molar-refractivity contribution in [2.24, 2.45) is 0 Å². The monoisotopic (exact) mass is 206 g/mol. The molecule has 2 heteroatoms. The lowest BCUT2D eigenvalue weighted by atomic mass is 9.81. The number of aliphatic hydroxyl groups excluding tert-OH is 1. The van der Waals surface area contributed by atoms with Gasteiger partial charge in [-0.3, -0.25) is 0 Å². The molecule has 1 aliphatic carbocycles. The molecule has 2 rings (SSSR count). The van der Waals surface area contributed by atoms with E-state index in [-0.39, 0.29) is 6.61 Å². The van der Waals surface area contributed by atoms with Crippen molar-refractivity contribution < 1.29 is 9.84 Å². The number of ether oxygens (including phenoxy) is 1. The molecule has 1 aliphatic rings. The third kappa shape index (κ3) is 2.15. The average molecular weight is 206 g/mol. The van der Waals surface area contributed by atoms with Gasteiger partial charge in [0.25, 0.3) is 0 Å². The van der Waals surface area contributed by atoms with Crippen LogP contribution in [0.3, 0.4) is 0 Å². The van der Waals surface area contributed by atoms with Crippen molar-refractivity contribution in [1.82, 2.24) is 0 Å². The molecular weight excluding hydrogens is 188 g/mol. The van der Waals surface area contributed by atoms with Gasteiger partial charge in [-0.25, -0.2) is 0 Å². The Hall–Kier alpha value is -1.02. The van der Waals surface area contributed by atoms with E-state index >= 15 is 0 Å². The number of fused-ring (bicyclic) bond motifs is 1. The van der Waals surface area contributed by atoms with Crippen LogP contribution < -0.4 is 4.74 Å². The Bertz CT molecular complexity index is 333. The molecule has 0 fully saturated rings. The van der Waals surface area contributed by atoms with Gasteiger partial charge in [0.1, 0.15) is 5.75 Å². The average Bonchev–Trinajstić information content (AvgIpc) is 2.29. The Balaban J connectivity index is 2.30. The second kappa shape index (κ2) is 4.67. The number of benzene rings is 1. The Morgan fingerprint density at radius 3 is 3.07 bits per heavy atom. The molecule has 0 spiro atoms. The zero-order chi connectivity index (χ0) is 10.7. The second-order valence-corrected chi connectivity index (χ2v) is 4.17. The second-order valence-electron chi connectivity index (χ2n) is 4.17. The quantitative estimate of drug-likeness (QED) is 0.823. The van der Waals surface area contributed by atoms with Crippen molar-refractivity contribution >= 4 is 0 Å². The van der Waals surface area contributed by atoms with Gasteiger partial charge in [0, 0.05) is 6.61 Å². The van der Waals surface area contributed by atoms with Crippen LogP contribution in [0, 0.1) is 0 Å². The van der Waals surface area contributed by atoms with Crippen LogP contribution in [0.1, 0.15) is 36.3 Å². The summed E-state index contributed by atoms with van der Waals surface area (Å²) < 4.78 is 5.24. The molecule has 2 nitrogen and oxygen atoms in total. The van der Waals surface area contributed by atoms with Crippen molar-refractivity contribution in [3.05, 3.63) is 29.3 Å². The Morgan fingerprint density at radius 2 is 2.33 bits per heavy atom. The van der Waals surface area contributed by atoms with E-state index in [1.54, 1.807) is 7.11 Å².